The maximum absolute atomic E-state index is 13.1. The number of hydrogen-bond acceptors (Lipinski definition) is 6. The van der Waals surface area contributed by atoms with Gasteiger partial charge in [-0.05, 0) is 47.5 Å². The summed E-state index contributed by atoms with van der Waals surface area (Å²) in [5.41, 5.74) is -2.83. The maximum atomic E-state index is 13.1. The summed E-state index contributed by atoms with van der Waals surface area (Å²) in [7, 11) is 0. The molecule has 0 saturated heterocycles. The molecule has 0 heterocycles. The maximum Gasteiger partial charge on any atom is 0.416 e. The van der Waals surface area contributed by atoms with Crippen LogP contribution in [0.3, 0.4) is 0 Å². The molecule has 0 atom stereocenters. The molecule has 0 N–H and O–H groups in total. The Labute approximate surface area is 220 Å². The molecule has 0 saturated carbocycles. The Kier molecular flexibility index (Phi) is 7.36. The molecule has 0 fully saturated rings. The number of hydrogen-bond donors (Lipinski definition) is 0. The van der Waals surface area contributed by atoms with Gasteiger partial charge < -0.3 is 9.47 Å². The molecule has 0 spiro atoms. The summed E-state index contributed by atoms with van der Waals surface area (Å²) >= 11 is 0. The third-order valence-corrected chi connectivity index (χ3v) is 5.37. The zero-order chi connectivity index (χ0) is 29.2. The molecule has 4 rings (SSSR count). The van der Waals surface area contributed by atoms with E-state index in [1.807, 2.05) is 0 Å². The smallest absolute Gasteiger partial charge is 0.416 e. The van der Waals surface area contributed by atoms with Crippen LogP contribution >= 0.6 is 0 Å². The van der Waals surface area contributed by atoms with Gasteiger partial charge in [-0.2, -0.15) is 26.3 Å². The summed E-state index contributed by atoms with van der Waals surface area (Å²) in [6.07, 6.45) is -9.64. The molecule has 0 aliphatic heterocycles. The third-order valence-electron chi connectivity index (χ3n) is 5.37. The number of alkyl halides is 6. The lowest BCUT2D eigenvalue weighted by molar-refractivity contribution is -0.385. The molecule has 14 heteroatoms. The Morgan fingerprint density at radius 3 is 1.10 bits per heavy atom. The summed E-state index contributed by atoms with van der Waals surface area (Å²) in [5, 5.41) is 22.0. The highest BCUT2D eigenvalue weighted by atomic mass is 19.4. The van der Waals surface area contributed by atoms with Gasteiger partial charge in [0.2, 0.25) is 0 Å². The third kappa shape index (κ3) is 6.64. The number of ether oxygens (including phenoxy) is 2. The summed E-state index contributed by atoms with van der Waals surface area (Å²) in [4.78, 5) is 20.1. The number of nitro benzene ring substituents is 2. The number of rotatable bonds is 7. The van der Waals surface area contributed by atoms with Crippen molar-refractivity contribution in [3.05, 3.63) is 116 Å². The van der Waals surface area contributed by atoms with Crippen LogP contribution in [0.15, 0.2) is 84.9 Å². The van der Waals surface area contributed by atoms with Gasteiger partial charge in [0, 0.05) is 12.1 Å². The van der Waals surface area contributed by atoms with Gasteiger partial charge in [0.25, 0.3) is 11.4 Å². The van der Waals surface area contributed by atoms with E-state index in [0.29, 0.717) is 35.4 Å². The molecule has 8 nitrogen and oxygen atoms in total. The predicted molar refractivity (Wildman–Crippen MR) is 128 cm³/mol. The van der Waals surface area contributed by atoms with Crippen LogP contribution in [0.2, 0.25) is 0 Å². The minimum absolute atomic E-state index is 0.100. The molecule has 0 bridgehead atoms. The summed E-state index contributed by atoms with van der Waals surface area (Å²) in [6.45, 7) is 0. The van der Waals surface area contributed by atoms with Crippen LogP contribution in [0.5, 0.6) is 23.0 Å². The first kappa shape index (κ1) is 27.9. The average molecular weight is 564 g/mol. The van der Waals surface area contributed by atoms with Crippen LogP contribution in [0, 0.1) is 20.2 Å². The second kappa shape index (κ2) is 10.6. The molecular formula is C26H14F6N2O6. The van der Waals surface area contributed by atoms with Crippen LogP contribution in [-0.4, -0.2) is 9.85 Å². The zero-order valence-electron chi connectivity index (χ0n) is 19.7. The topological polar surface area (TPSA) is 105 Å². The van der Waals surface area contributed by atoms with Crippen molar-refractivity contribution in [3.8, 4) is 34.1 Å². The van der Waals surface area contributed by atoms with Gasteiger partial charge in [-0.15, -0.1) is 0 Å². The summed E-state index contributed by atoms with van der Waals surface area (Å²) in [5.74, 6) is -0.567. The highest BCUT2D eigenvalue weighted by molar-refractivity contribution is 5.65. The van der Waals surface area contributed by atoms with E-state index < -0.39 is 44.7 Å². The molecule has 0 aliphatic rings. The lowest BCUT2D eigenvalue weighted by Crippen LogP contribution is -2.06. The Morgan fingerprint density at radius 1 is 0.500 bits per heavy atom. The zero-order valence-corrected chi connectivity index (χ0v) is 19.7. The molecule has 0 unspecified atom stereocenters. The molecule has 206 valence electrons. The molecule has 0 radical (unpaired) electrons. The second-order valence-corrected chi connectivity index (χ2v) is 8.19. The fourth-order valence-electron chi connectivity index (χ4n) is 3.53. The Hall–Kier alpha value is -5.14. The largest absolute Gasteiger partial charge is 0.457 e. The number of non-ortho nitro benzene ring substituents is 2. The molecule has 0 aromatic heterocycles. The van der Waals surface area contributed by atoms with E-state index in [-0.39, 0.29) is 23.0 Å². The normalized spacial score (nSPS) is 11.7. The average Bonchev–Trinajstić information content (AvgIpc) is 2.88. The minimum atomic E-state index is -4.82. The van der Waals surface area contributed by atoms with Crippen molar-refractivity contribution in [2.75, 3.05) is 0 Å². The van der Waals surface area contributed by atoms with Crippen LogP contribution in [0.1, 0.15) is 11.1 Å². The highest BCUT2D eigenvalue weighted by Gasteiger charge is 2.34. The number of benzene rings is 4. The first-order valence-corrected chi connectivity index (χ1v) is 11.0. The van der Waals surface area contributed by atoms with Crippen molar-refractivity contribution < 1.29 is 45.7 Å². The Morgan fingerprint density at radius 2 is 0.825 bits per heavy atom. The van der Waals surface area contributed by atoms with Gasteiger partial charge in [-0.25, -0.2) is 0 Å². The standard InChI is InChI=1S/C26H14F6N2O6/c27-25(28,29)17-9-19(33(35)36)13-23(11-17)39-21-5-1-15(2-6-21)16-3-7-22(8-4-16)40-24-12-18(26(30,31)32)10-20(14-24)34(37)38/h1-14H. The lowest BCUT2D eigenvalue weighted by atomic mass is 10.1. The van der Waals surface area contributed by atoms with E-state index in [1.54, 1.807) is 24.3 Å². The van der Waals surface area contributed by atoms with Crippen LogP contribution in [0.4, 0.5) is 37.7 Å². The van der Waals surface area contributed by atoms with Gasteiger partial charge >= 0.3 is 12.4 Å². The molecule has 4 aromatic rings. The Balaban J connectivity index is 1.51. The summed E-state index contributed by atoms with van der Waals surface area (Å²) < 4.78 is 89.4. The molecule has 0 aliphatic carbocycles. The van der Waals surface area contributed by atoms with Crippen LogP contribution in [-0.2, 0) is 12.4 Å². The number of nitrogens with zero attached hydrogens (tertiary/aromatic N) is 2. The van der Waals surface area contributed by atoms with Gasteiger partial charge in [-0.1, -0.05) is 24.3 Å². The number of halogens is 6. The van der Waals surface area contributed by atoms with E-state index >= 15 is 0 Å². The Bertz CT molecular complexity index is 1450. The van der Waals surface area contributed by atoms with Crippen molar-refractivity contribution in [3.63, 3.8) is 0 Å². The molecular weight excluding hydrogens is 550 g/mol. The van der Waals surface area contributed by atoms with Crippen molar-refractivity contribution >= 4 is 11.4 Å². The van der Waals surface area contributed by atoms with Gasteiger partial charge in [0.15, 0.2) is 0 Å². The number of nitro groups is 2. The SMILES string of the molecule is O=[N+]([O-])c1cc(Oc2ccc(-c3ccc(Oc4cc([N+](=O)[O-])cc(C(F)(F)F)c4)cc3)cc2)cc(C(F)(F)F)c1. The summed E-state index contributed by atoms with van der Waals surface area (Å²) in [6, 6.07) is 15.7. The van der Waals surface area contributed by atoms with Gasteiger partial charge in [-0.3, -0.25) is 20.2 Å². The second-order valence-electron chi connectivity index (χ2n) is 8.19. The first-order valence-electron chi connectivity index (χ1n) is 11.0. The van der Waals surface area contributed by atoms with Crippen molar-refractivity contribution in [2.24, 2.45) is 0 Å². The van der Waals surface area contributed by atoms with Crippen molar-refractivity contribution in [2.45, 2.75) is 12.4 Å². The van der Waals surface area contributed by atoms with Crippen molar-refractivity contribution in [1.29, 1.82) is 0 Å². The van der Waals surface area contributed by atoms with Gasteiger partial charge in [0.05, 0.1) is 33.1 Å². The van der Waals surface area contributed by atoms with E-state index in [2.05, 4.69) is 0 Å². The van der Waals surface area contributed by atoms with Gasteiger partial charge in [0.1, 0.15) is 23.0 Å². The van der Waals surface area contributed by atoms with Crippen LogP contribution < -0.4 is 9.47 Å². The first-order chi connectivity index (χ1) is 18.7. The fraction of sp³-hybridized carbons (Fsp3) is 0.0769. The quantitative estimate of drug-likeness (QED) is 0.126. The molecule has 0 amide bonds. The molecule has 4 aromatic carbocycles. The monoisotopic (exact) mass is 564 g/mol. The highest BCUT2D eigenvalue weighted by Crippen LogP contribution is 2.38. The fourth-order valence-corrected chi connectivity index (χ4v) is 3.53. The van der Waals surface area contributed by atoms with E-state index in [0.717, 1.165) is 12.1 Å². The van der Waals surface area contributed by atoms with E-state index in [4.69, 9.17) is 9.47 Å². The van der Waals surface area contributed by atoms with Crippen molar-refractivity contribution in [1.82, 2.24) is 0 Å². The molecule has 40 heavy (non-hydrogen) atoms. The van der Waals surface area contributed by atoms with E-state index in [1.165, 1.54) is 24.3 Å². The van der Waals surface area contributed by atoms with Crippen LogP contribution in [0.25, 0.3) is 11.1 Å². The minimum Gasteiger partial charge on any atom is -0.457 e. The van der Waals surface area contributed by atoms with E-state index in [9.17, 15) is 46.6 Å². The predicted octanol–water partition coefficient (Wildman–Crippen LogP) is 8.79. The lowest BCUT2D eigenvalue weighted by Gasteiger charge is -2.12.